The quantitative estimate of drug-likeness (QED) is 0.0264. The van der Waals surface area contributed by atoms with E-state index in [9.17, 15) is 31.9 Å². The number of rotatable bonds is 42. The number of allylic oxidation sites excluding steroid dienone is 2. The molecule has 59 heavy (non-hydrogen) atoms. The SMILES string of the molecule is CCCCCCCCCC(F)(F)/C=C\COC(=O)CCCCCCCN(CCCCCCCC(=O)OC/C=C\C(F)(F)CCCCCCCCC)C(=O)CCCN(C)C. The van der Waals surface area contributed by atoms with Crippen LogP contribution in [-0.2, 0) is 23.9 Å². The fraction of sp³-hybridized carbons (Fsp3) is 0.854. The van der Waals surface area contributed by atoms with Crippen LogP contribution in [0.1, 0.15) is 206 Å². The van der Waals surface area contributed by atoms with Crippen LogP contribution in [0.4, 0.5) is 17.6 Å². The maximum atomic E-state index is 14.1. The number of amides is 1. The van der Waals surface area contributed by atoms with E-state index >= 15 is 0 Å². The zero-order valence-corrected chi connectivity index (χ0v) is 38.0. The zero-order chi connectivity index (χ0) is 43.9. The van der Waals surface area contributed by atoms with E-state index in [4.69, 9.17) is 9.47 Å². The molecule has 0 atom stereocenters. The van der Waals surface area contributed by atoms with Crippen LogP contribution >= 0.6 is 0 Å². The van der Waals surface area contributed by atoms with E-state index in [2.05, 4.69) is 18.7 Å². The maximum Gasteiger partial charge on any atom is 0.306 e. The van der Waals surface area contributed by atoms with Crippen molar-refractivity contribution in [3.05, 3.63) is 24.3 Å². The Morgan fingerprint density at radius 2 is 0.814 bits per heavy atom. The van der Waals surface area contributed by atoms with E-state index in [-0.39, 0.29) is 56.7 Å². The molecule has 0 aliphatic heterocycles. The van der Waals surface area contributed by atoms with Crippen LogP contribution in [0.15, 0.2) is 24.3 Å². The first-order chi connectivity index (χ1) is 28.3. The topological polar surface area (TPSA) is 76.1 Å². The summed E-state index contributed by atoms with van der Waals surface area (Å²) in [5, 5.41) is 0. The van der Waals surface area contributed by atoms with E-state index in [0.29, 0.717) is 45.2 Å². The largest absolute Gasteiger partial charge is 0.461 e. The van der Waals surface area contributed by atoms with Gasteiger partial charge >= 0.3 is 11.9 Å². The summed E-state index contributed by atoms with van der Waals surface area (Å²) in [5.41, 5.74) is 0. The first-order valence-electron chi connectivity index (χ1n) is 23.7. The molecule has 11 heteroatoms. The van der Waals surface area contributed by atoms with Gasteiger partial charge in [0, 0.05) is 45.2 Å². The van der Waals surface area contributed by atoms with Crippen molar-refractivity contribution < 1.29 is 41.4 Å². The number of hydrogen-bond acceptors (Lipinski definition) is 6. The highest BCUT2D eigenvalue weighted by molar-refractivity contribution is 5.76. The monoisotopic (exact) mass is 847 g/mol. The second-order valence-electron chi connectivity index (χ2n) is 16.8. The van der Waals surface area contributed by atoms with Crippen LogP contribution in [0.25, 0.3) is 0 Å². The molecule has 0 fully saturated rings. The van der Waals surface area contributed by atoms with Gasteiger partial charge in [-0.1, -0.05) is 129 Å². The summed E-state index contributed by atoms with van der Waals surface area (Å²) in [6, 6.07) is 0. The molecule has 0 aromatic carbocycles. The fourth-order valence-corrected chi connectivity index (χ4v) is 6.94. The average molecular weight is 847 g/mol. The average Bonchev–Trinajstić information content (AvgIpc) is 3.18. The van der Waals surface area contributed by atoms with Gasteiger partial charge in [0.2, 0.25) is 5.91 Å². The van der Waals surface area contributed by atoms with Crippen molar-refractivity contribution in [1.82, 2.24) is 9.80 Å². The molecular formula is C48H86F4N2O5. The van der Waals surface area contributed by atoms with Crippen molar-refractivity contribution in [3.63, 3.8) is 0 Å². The highest BCUT2D eigenvalue weighted by Gasteiger charge is 2.24. The number of carbonyl (C=O) groups is 3. The van der Waals surface area contributed by atoms with Gasteiger partial charge in [-0.25, -0.2) is 17.6 Å². The van der Waals surface area contributed by atoms with Crippen molar-refractivity contribution in [1.29, 1.82) is 0 Å². The molecular weight excluding hydrogens is 761 g/mol. The highest BCUT2D eigenvalue weighted by Crippen LogP contribution is 2.25. The van der Waals surface area contributed by atoms with Gasteiger partial charge in [-0.05, 0) is 89.9 Å². The molecule has 0 unspecified atom stereocenters. The molecule has 0 saturated heterocycles. The Kier molecular flexibility index (Phi) is 36.9. The Morgan fingerprint density at radius 3 is 1.20 bits per heavy atom. The third-order valence-corrected chi connectivity index (χ3v) is 10.6. The number of halogens is 4. The van der Waals surface area contributed by atoms with E-state index in [1.165, 1.54) is 50.7 Å². The summed E-state index contributed by atoms with van der Waals surface area (Å²) in [6.45, 7) is 6.29. The molecule has 0 aromatic rings. The lowest BCUT2D eigenvalue weighted by molar-refractivity contribution is -0.143. The van der Waals surface area contributed by atoms with E-state index in [0.717, 1.165) is 115 Å². The first-order valence-corrected chi connectivity index (χ1v) is 23.7. The molecule has 0 aliphatic rings. The Balaban J connectivity index is 4.22. The van der Waals surface area contributed by atoms with Gasteiger partial charge in [0.15, 0.2) is 0 Å². The number of carbonyl (C=O) groups excluding carboxylic acids is 3. The van der Waals surface area contributed by atoms with E-state index < -0.39 is 11.8 Å². The number of unbranched alkanes of at least 4 members (excludes halogenated alkanes) is 20. The minimum Gasteiger partial charge on any atom is -0.461 e. The minimum atomic E-state index is -2.87. The van der Waals surface area contributed by atoms with Gasteiger partial charge in [-0.15, -0.1) is 0 Å². The van der Waals surface area contributed by atoms with E-state index in [1.54, 1.807) is 0 Å². The summed E-state index contributed by atoms with van der Waals surface area (Å²) < 4.78 is 66.6. The van der Waals surface area contributed by atoms with Crippen molar-refractivity contribution in [2.24, 2.45) is 0 Å². The lowest BCUT2D eigenvalue weighted by atomic mass is 10.1. The molecule has 346 valence electrons. The first kappa shape index (κ1) is 56.6. The molecule has 0 bridgehead atoms. The molecule has 0 N–H and O–H groups in total. The number of ether oxygens (including phenoxy) is 2. The van der Waals surface area contributed by atoms with Gasteiger partial charge < -0.3 is 19.3 Å². The Bertz CT molecular complexity index is 1020. The summed E-state index contributed by atoms with van der Waals surface area (Å²) in [5.74, 6) is -6.32. The summed E-state index contributed by atoms with van der Waals surface area (Å²) >= 11 is 0. The van der Waals surface area contributed by atoms with Gasteiger partial charge in [-0.2, -0.15) is 0 Å². The highest BCUT2D eigenvalue weighted by atomic mass is 19.3. The number of hydrogen-bond donors (Lipinski definition) is 0. The fourth-order valence-electron chi connectivity index (χ4n) is 6.94. The number of esters is 2. The van der Waals surface area contributed by atoms with Crippen LogP contribution in [0.2, 0.25) is 0 Å². The van der Waals surface area contributed by atoms with Crippen molar-refractivity contribution in [3.8, 4) is 0 Å². The number of alkyl halides is 4. The van der Waals surface area contributed by atoms with Gasteiger partial charge in [0.05, 0.1) is 0 Å². The van der Waals surface area contributed by atoms with Crippen LogP contribution in [0, 0.1) is 0 Å². The van der Waals surface area contributed by atoms with Crippen molar-refractivity contribution >= 4 is 17.8 Å². The third kappa shape index (κ3) is 39.5. The second kappa shape index (κ2) is 38.5. The predicted molar refractivity (Wildman–Crippen MR) is 235 cm³/mol. The maximum absolute atomic E-state index is 14.1. The predicted octanol–water partition coefficient (Wildman–Crippen LogP) is 13.6. The van der Waals surface area contributed by atoms with Crippen molar-refractivity contribution in [2.45, 2.75) is 218 Å². The molecule has 0 spiro atoms. The smallest absolute Gasteiger partial charge is 0.306 e. The van der Waals surface area contributed by atoms with Crippen LogP contribution in [0.5, 0.6) is 0 Å². The summed E-state index contributed by atoms with van der Waals surface area (Å²) in [7, 11) is 3.99. The molecule has 0 aliphatic carbocycles. The molecule has 0 radical (unpaired) electrons. The molecule has 7 nitrogen and oxygen atoms in total. The number of nitrogens with zero attached hydrogens (tertiary/aromatic N) is 2. The molecule has 0 rings (SSSR count). The van der Waals surface area contributed by atoms with Gasteiger partial charge in [0.25, 0.3) is 11.8 Å². The summed E-state index contributed by atoms with van der Waals surface area (Å²) in [4.78, 5) is 41.2. The Hall–Kier alpha value is -2.43. The molecule has 0 aromatic heterocycles. The van der Waals surface area contributed by atoms with Gasteiger partial charge in [-0.3, -0.25) is 14.4 Å². The third-order valence-electron chi connectivity index (χ3n) is 10.6. The molecule has 0 heterocycles. The molecule has 1 amide bonds. The van der Waals surface area contributed by atoms with Crippen LogP contribution in [-0.4, -0.2) is 86.4 Å². The van der Waals surface area contributed by atoms with Gasteiger partial charge in [0.1, 0.15) is 13.2 Å². The Labute approximate surface area is 357 Å². The lowest BCUT2D eigenvalue weighted by Gasteiger charge is -2.23. The minimum absolute atomic E-state index is 0.135. The van der Waals surface area contributed by atoms with Crippen molar-refractivity contribution in [2.75, 3.05) is 46.9 Å². The van der Waals surface area contributed by atoms with Crippen LogP contribution in [0.3, 0.4) is 0 Å². The molecule has 0 saturated carbocycles. The van der Waals surface area contributed by atoms with E-state index in [1.807, 2.05) is 19.0 Å². The summed E-state index contributed by atoms with van der Waals surface area (Å²) in [6.07, 6.45) is 28.2. The van der Waals surface area contributed by atoms with Crippen LogP contribution < -0.4 is 0 Å². The standard InChI is InChI=1S/C48H86F4N2O5/c1-5-7-9-11-13-19-25-35-47(49,50)37-30-42-58-45(56)33-23-17-15-21-27-40-54(44(55)32-29-39-53(3)4)41-28-22-16-18-24-34-46(57)59-43-31-38-48(51,52)36-26-20-14-12-10-8-6-2/h30-31,37-38H,5-29,32-36,39-43H2,1-4H3/b37-30-,38-31-. The zero-order valence-electron chi connectivity index (χ0n) is 38.0. The Morgan fingerprint density at radius 1 is 0.458 bits per heavy atom. The lowest BCUT2D eigenvalue weighted by Crippen LogP contribution is -2.33. The normalized spacial score (nSPS) is 12.3. The second-order valence-corrected chi connectivity index (χ2v) is 16.8.